The molecule has 0 unspecified atom stereocenters. The van der Waals surface area contributed by atoms with Crippen molar-refractivity contribution in [1.29, 1.82) is 0 Å². The summed E-state index contributed by atoms with van der Waals surface area (Å²) in [6.45, 7) is 4.53. The van der Waals surface area contributed by atoms with Crippen molar-refractivity contribution < 1.29 is 19.1 Å². The van der Waals surface area contributed by atoms with Crippen LogP contribution in [0.3, 0.4) is 0 Å². The van der Waals surface area contributed by atoms with Crippen LogP contribution in [0, 0.1) is 0 Å². The Morgan fingerprint density at radius 1 is 1.25 bits per heavy atom. The van der Waals surface area contributed by atoms with Gasteiger partial charge in [0, 0.05) is 28.8 Å². The number of hydrogen-bond donors (Lipinski definition) is 1. The average molecular weight is 419 g/mol. The fourth-order valence-corrected chi connectivity index (χ4v) is 4.75. The number of nitrogens with zero attached hydrogens (tertiary/aromatic N) is 1. The monoisotopic (exact) mass is 418 g/mol. The number of anilines is 1. The summed E-state index contributed by atoms with van der Waals surface area (Å²) in [5.74, 6) is -0.722. The van der Waals surface area contributed by atoms with Crippen LogP contribution < -0.4 is 5.32 Å². The van der Waals surface area contributed by atoms with Crippen LogP contribution in [-0.2, 0) is 22.5 Å². The third-order valence-electron chi connectivity index (χ3n) is 4.56. The number of thioether (sulfide) groups is 1. The van der Waals surface area contributed by atoms with E-state index in [-0.39, 0.29) is 18.4 Å². The van der Waals surface area contributed by atoms with E-state index >= 15 is 0 Å². The molecule has 1 aliphatic rings. The average Bonchev–Trinajstić information content (AvgIpc) is 3.05. The number of nitrogens with one attached hydrogen (secondary N) is 1. The second-order valence-corrected chi connectivity index (χ2v) is 8.29. The molecule has 0 fully saturated rings. The second-order valence-electron chi connectivity index (χ2n) is 6.30. The lowest BCUT2D eigenvalue weighted by Gasteiger charge is -2.25. The first-order valence-corrected chi connectivity index (χ1v) is 11.0. The highest BCUT2D eigenvalue weighted by atomic mass is 32.2. The Kier molecular flexibility index (Phi) is 6.41. The molecule has 1 N–H and O–H groups in total. The zero-order valence-electron chi connectivity index (χ0n) is 16.0. The molecule has 0 bridgehead atoms. The van der Waals surface area contributed by atoms with Gasteiger partial charge in [-0.25, -0.2) is 4.79 Å². The van der Waals surface area contributed by atoms with E-state index in [1.165, 1.54) is 18.3 Å². The maximum atomic E-state index is 12.7. The first kappa shape index (κ1) is 20.4. The van der Waals surface area contributed by atoms with Crippen molar-refractivity contribution in [3.63, 3.8) is 0 Å². The molecule has 1 aromatic heterocycles. The van der Waals surface area contributed by atoms with E-state index in [4.69, 9.17) is 4.74 Å². The summed E-state index contributed by atoms with van der Waals surface area (Å²) >= 11 is 2.94. The maximum Gasteiger partial charge on any atom is 0.341 e. The number of fused-ring (bicyclic) bond motifs is 1. The van der Waals surface area contributed by atoms with E-state index < -0.39 is 5.97 Å². The van der Waals surface area contributed by atoms with Crippen LogP contribution in [0.5, 0.6) is 0 Å². The van der Waals surface area contributed by atoms with Gasteiger partial charge in [-0.15, -0.1) is 23.1 Å². The van der Waals surface area contributed by atoms with E-state index in [0.717, 1.165) is 15.3 Å². The molecular weight excluding hydrogens is 396 g/mol. The third-order valence-corrected chi connectivity index (χ3v) is 6.44. The van der Waals surface area contributed by atoms with Crippen molar-refractivity contribution in [2.75, 3.05) is 24.7 Å². The van der Waals surface area contributed by atoms with Gasteiger partial charge in [0.1, 0.15) is 5.00 Å². The summed E-state index contributed by atoms with van der Waals surface area (Å²) in [6, 6.07) is 7.29. The number of thiophene rings is 1. The second kappa shape index (κ2) is 8.79. The molecule has 2 heterocycles. The molecule has 28 heavy (non-hydrogen) atoms. The molecule has 1 aliphatic heterocycles. The molecular formula is C20H22N2O4S2. The fourth-order valence-electron chi connectivity index (χ4n) is 3.10. The van der Waals surface area contributed by atoms with Crippen molar-refractivity contribution in [3.8, 4) is 0 Å². The SMILES string of the molecule is CCOC(=O)c1c(NC(=O)c2ccc(SC)cc2)sc2c1CCN(C(C)=O)C2. The van der Waals surface area contributed by atoms with Crippen LogP contribution in [0.25, 0.3) is 0 Å². The summed E-state index contributed by atoms with van der Waals surface area (Å²) in [5, 5.41) is 3.35. The minimum absolute atomic E-state index is 0.00351. The highest BCUT2D eigenvalue weighted by Crippen LogP contribution is 2.38. The quantitative estimate of drug-likeness (QED) is 0.590. The molecule has 6 nitrogen and oxygen atoms in total. The minimum atomic E-state index is -0.440. The molecule has 0 saturated carbocycles. The summed E-state index contributed by atoms with van der Waals surface area (Å²) in [5.41, 5.74) is 1.80. The zero-order chi connectivity index (χ0) is 20.3. The number of hydrogen-bond acceptors (Lipinski definition) is 6. The molecule has 148 valence electrons. The van der Waals surface area contributed by atoms with Gasteiger partial charge in [0.05, 0.1) is 18.7 Å². The first-order valence-electron chi connectivity index (χ1n) is 8.97. The van der Waals surface area contributed by atoms with E-state index in [1.807, 2.05) is 18.4 Å². The fraction of sp³-hybridized carbons (Fsp3) is 0.350. The molecule has 0 spiro atoms. The number of rotatable bonds is 5. The van der Waals surface area contributed by atoms with Gasteiger partial charge in [0.15, 0.2) is 0 Å². The minimum Gasteiger partial charge on any atom is -0.462 e. The number of carbonyl (C=O) groups is 3. The van der Waals surface area contributed by atoms with Crippen LogP contribution in [0.4, 0.5) is 5.00 Å². The number of esters is 1. The molecule has 0 saturated heterocycles. The molecule has 0 radical (unpaired) electrons. The van der Waals surface area contributed by atoms with E-state index in [9.17, 15) is 14.4 Å². The van der Waals surface area contributed by atoms with E-state index in [2.05, 4.69) is 5.32 Å². The van der Waals surface area contributed by atoms with E-state index in [0.29, 0.717) is 35.6 Å². The predicted molar refractivity (Wildman–Crippen MR) is 111 cm³/mol. The van der Waals surface area contributed by atoms with Crippen LogP contribution >= 0.6 is 23.1 Å². The summed E-state index contributed by atoms with van der Waals surface area (Å²) in [4.78, 5) is 40.7. The highest BCUT2D eigenvalue weighted by Gasteiger charge is 2.30. The Balaban J connectivity index is 1.91. The van der Waals surface area contributed by atoms with Crippen LogP contribution in [0.1, 0.15) is 45.0 Å². The lowest BCUT2D eigenvalue weighted by Crippen LogP contribution is -2.34. The normalized spacial score (nSPS) is 13.0. The first-order chi connectivity index (χ1) is 13.4. The maximum absolute atomic E-state index is 12.7. The lowest BCUT2D eigenvalue weighted by atomic mass is 10.0. The summed E-state index contributed by atoms with van der Waals surface area (Å²) in [7, 11) is 0. The Bertz CT molecular complexity index is 906. The van der Waals surface area contributed by atoms with Gasteiger partial charge in [-0.05, 0) is 49.4 Å². The molecule has 2 amide bonds. The lowest BCUT2D eigenvalue weighted by molar-refractivity contribution is -0.129. The van der Waals surface area contributed by atoms with Crippen molar-refractivity contribution in [2.45, 2.75) is 31.7 Å². The number of carbonyl (C=O) groups excluding carboxylic acids is 3. The Morgan fingerprint density at radius 3 is 2.57 bits per heavy atom. The van der Waals surface area contributed by atoms with Gasteiger partial charge >= 0.3 is 5.97 Å². The Hall–Kier alpha value is -2.32. The zero-order valence-corrected chi connectivity index (χ0v) is 17.7. The van der Waals surface area contributed by atoms with Crippen molar-refractivity contribution in [3.05, 3.63) is 45.8 Å². The van der Waals surface area contributed by atoms with E-state index in [1.54, 1.807) is 35.7 Å². The van der Waals surface area contributed by atoms with Crippen molar-refractivity contribution in [1.82, 2.24) is 4.90 Å². The molecule has 3 rings (SSSR count). The van der Waals surface area contributed by atoms with Crippen molar-refractivity contribution >= 4 is 45.9 Å². The Morgan fingerprint density at radius 2 is 1.96 bits per heavy atom. The van der Waals surface area contributed by atoms with Gasteiger partial charge < -0.3 is 15.0 Å². The molecule has 0 atom stereocenters. The molecule has 1 aromatic carbocycles. The Labute approximate surface area is 172 Å². The van der Waals surface area contributed by atoms with Gasteiger partial charge in [-0.1, -0.05) is 0 Å². The topological polar surface area (TPSA) is 75.7 Å². The summed E-state index contributed by atoms with van der Waals surface area (Å²) < 4.78 is 5.22. The van der Waals surface area contributed by atoms with Gasteiger partial charge in [0.25, 0.3) is 5.91 Å². The predicted octanol–water partition coefficient (Wildman–Crippen LogP) is 3.80. The van der Waals surface area contributed by atoms with Crippen LogP contribution in [0.15, 0.2) is 29.2 Å². The summed E-state index contributed by atoms with van der Waals surface area (Å²) in [6.07, 6.45) is 2.54. The smallest absolute Gasteiger partial charge is 0.341 e. The van der Waals surface area contributed by atoms with Gasteiger partial charge in [0.2, 0.25) is 5.91 Å². The molecule has 8 heteroatoms. The van der Waals surface area contributed by atoms with Crippen LogP contribution in [0.2, 0.25) is 0 Å². The molecule has 2 aromatic rings. The number of ether oxygens (including phenoxy) is 1. The highest BCUT2D eigenvalue weighted by molar-refractivity contribution is 7.98. The number of amides is 2. The molecule has 0 aliphatic carbocycles. The van der Waals surface area contributed by atoms with Gasteiger partial charge in [-0.3, -0.25) is 9.59 Å². The third kappa shape index (κ3) is 4.23. The van der Waals surface area contributed by atoms with Crippen molar-refractivity contribution in [2.24, 2.45) is 0 Å². The van der Waals surface area contributed by atoms with Gasteiger partial charge in [-0.2, -0.15) is 0 Å². The standard InChI is InChI=1S/C20H22N2O4S2/c1-4-26-20(25)17-15-9-10-22(12(2)23)11-16(15)28-19(17)21-18(24)13-5-7-14(27-3)8-6-13/h5-8H,4,9-11H2,1-3H3,(H,21,24). The largest absolute Gasteiger partial charge is 0.462 e. The van der Waals surface area contributed by atoms with Crippen LogP contribution in [-0.4, -0.2) is 42.1 Å². The number of benzene rings is 1.